The number of oxime groups is 1. The van der Waals surface area contributed by atoms with Crippen LogP contribution >= 0.6 is 0 Å². The molecule has 0 aromatic rings. The predicted octanol–water partition coefficient (Wildman–Crippen LogP) is 1.44. The zero-order valence-electron chi connectivity index (χ0n) is 10.0. The number of amides is 1. The maximum Gasteiger partial charge on any atom is 0.222 e. The van der Waals surface area contributed by atoms with Gasteiger partial charge in [0.05, 0.1) is 18.4 Å². The molecular formula is C12H20N2O3. The van der Waals surface area contributed by atoms with E-state index in [0.717, 1.165) is 44.2 Å². The molecule has 0 aliphatic heterocycles. The standard InChI is InChI=1S/C12H20N2O3/c15-12(13-9-1-2-9)7-8-17-11-5-3-10(14-16)4-6-11/h9,11,16H,1-8H2,(H,13,15). The van der Waals surface area contributed by atoms with Crippen LogP contribution in [0.3, 0.4) is 0 Å². The van der Waals surface area contributed by atoms with Gasteiger partial charge < -0.3 is 15.3 Å². The fourth-order valence-corrected chi connectivity index (χ4v) is 2.04. The molecule has 0 aromatic carbocycles. The first-order valence-corrected chi connectivity index (χ1v) is 6.38. The van der Waals surface area contributed by atoms with E-state index < -0.39 is 0 Å². The summed E-state index contributed by atoms with van der Waals surface area (Å²) in [4.78, 5) is 11.4. The molecule has 2 saturated carbocycles. The van der Waals surface area contributed by atoms with Crippen molar-refractivity contribution < 1.29 is 14.7 Å². The van der Waals surface area contributed by atoms with E-state index >= 15 is 0 Å². The number of nitrogens with one attached hydrogen (secondary N) is 1. The van der Waals surface area contributed by atoms with Gasteiger partial charge in [-0.3, -0.25) is 4.79 Å². The minimum atomic E-state index is 0.0981. The number of hydrogen-bond donors (Lipinski definition) is 2. The van der Waals surface area contributed by atoms with Gasteiger partial charge in [-0.1, -0.05) is 5.16 Å². The Morgan fingerprint density at radius 3 is 2.65 bits per heavy atom. The summed E-state index contributed by atoms with van der Waals surface area (Å²) in [7, 11) is 0. The molecule has 0 bridgehead atoms. The molecule has 2 aliphatic carbocycles. The van der Waals surface area contributed by atoms with Gasteiger partial charge in [0.2, 0.25) is 5.91 Å². The van der Waals surface area contributed by atoms with Crippen molar-refractivity contribution in [1.29, 1.82) is 0 Å². The lowest BCUT2D eigenvalue weighted by molar-refractivity contribution is -0.122. The molecule has 5 heteroatoms. The summed E-state index contributed by atoms with van der Waals surface area (Å²) in [5, 5.41) is 14.8. The summed E-state index contributed by atoms with van der Waals surface area (Å²) >= 11 is 0. The van der Waals surface area contributed by atoms with E-state index in [-0.39, 0.29) is 12.0 Å². The zero-order chi connectivity index (χ0) is 12.1. The normalized spacial score (nSPS) is 24.5. The maximum absolute atomic E-state index is 11.4. The lowest BCUT2D eigenvalue weighted by Crippen LogP contribution is -2.28. The van der Waals surface area contributed by atoms with Crippen LogP contribution in [-0.2, 0) is 9.53 Å². The summed E-state index contributed by atoms with van der Waals surface area (Å²) in [6.07, 6.45) is 6.30. The Hall–Kier alpha value is -1.10. The molecule has 2 N–H and O–H groups in total. The molecular weight excluding hydrogens is 220 g/mol. The Labute approximate surface area is 101 Å². The molecule has 5 nitrogen and oxygen atoms in total. The van der Waals surface area contributed by atoms with Crippen LogP contribution in [0.25, 0.3) is 0 Å². The molecule has 1 amide bonds. The molecule has 0 heterocycles. The van der Waals surface area contributed by atoms with Gasteiger partial charge in [-0.15, -0.1) is 0 Å². The third-order valence-corrected chi connectivity index (χ3v) is 3.28. The first-order valence-electron chi connectivity index (χ1n) is 6.38. The van der Waals surface area contributed by atoms with Gasteiger partial charge in [0.15, 0.2) is 0 Å². The van der Waals surface area contributed by atoms with Crippen molar-refractivity contribution in [3.63, 3.8) is 0 Å². The molecule has 96 valence electrons. The highest BCUT2D eigenvalue weighted by Crippen LogP contribution is 2.20. The lowest BCUT2D eigenvalue weighted by atomic mass is 9.96. The summed E-state index contributed by atoms with van der Waals surface area (Å²) in [6, 6.07) is 0.431. The maximum atomic E-state index is 11.4. The van der Waals surface area contributed by atoms with Gasteiger partial charge in [-0.25, -0.2) is 0 Å². The van der Waals surface area contributed by atoms with Gasteiger partial charge in [-0.2, -0.15) is 0 Å². The number of ether oxygens (including phenoxy) is 1. The van der Waals surface area contributed by atoms with Gasteiger partial charge in [0.25, 0.3) is 0 Å². The van der Waals surface area contributed by atoms with Crippen LogP contribution in [0.4, 0.5) is 0 Å². The quantitative estimate of drug-likeness (QED) is 0.564. The van der Waals surface area contributed by atoms with Gasteiger partial charge in [-0.05, 0) is 38.5 Å². The smallest absolute Gasteiger partial charge is 0.222 e. The highest BCUT2D eigenvalue weighted by molar-refractivity contribution is 5.84. The van der Waals surface area contributed by atoms with E-state index in [2.05, 4.69) is 10.5 Å². The van der Waals surface area contributed by atoms with E-state index in [9.17, 15) is 4.79 Å². The molecule has 17 heavy (non-hydrogen) atoms. The van der Waals surface area contributed by atoms with E-state index in [1.807, 2.05) is 0 Å². The first kappa shape index (κ1) is 12.4. The average Bonchev–Trinajstić information content (AvgIpc) is 3.14. The molecule has 0 aromatic heterocycles. The Kier molecular flexibility index (Phi) is 4.36. The average molecular weight is 240 g/mol. The number of carbonyl (C=O) groups is 1. The molecule has 2 aliphatic rings. The minimum Gasteiger partial charge on any atom is -0.411 e. The number of rotatable bonds is 5. The molecule has 0 radical (unpaired) electrons. The second kappa shape index (κ2) is 6.00. The van der Waals surface area contributed by atoms with Crippen LogP contribution in [-0.4, -0.2) is 35.6 Å². The largest absolute Gasteiger partial charge is 0.411 e. The van der Waals surface area contributed by atoms with E-state index in [4.69, 9.17) is 9.94 Å². The Morgan fingerprint density at radius 1 is 1.35 bits per heavy atom. The summed E-state index contributed by atoms with van der Waals surface area (Å²) in [5.74, 6) is 0.0981. The third-order valence-electron chi connectivity index (χ3n) is 3.28. The van der Waals surface area contributed by atoms with Crippen molar-refractivity contribution in [3.8, 4) is 0 Å². The molecule has 0 spiro atoms. The number of hydrogen-bond acceptors (Lipinski definition) is 4. The molecule has 2 fully saturated rings. The van der Waals surface area contributed by atoms with Crippen LogP contribution in [0.1, 0.15) is 44.9 Å². The fraction of sp³-hybridized carbons (Fsp3) is 0.833. The van der Waals surface area contributed by atoms with E-state index in [0.29, 0.717) is 19.1 Å². The SMILES string of the molecule is O=C(CCOC1CCC(=NO)CC1)NC1CC1. The highest BCUT2D eigenvalue weighted by atomic mass is 16.5. The molecule has 0 atom stereocenters. The topological polar surface area (TPSA) is 70.9 Å². The van der Waals surface area contributed by atoms with Crippen molar-refractivity contribution in [2.24, 2.45) is 5.16 Å². The Morgan fingerprint density at radius 2 is 2.06 bits per heavy atom. The van der Waals surface area contributed by atoms with Crippen LogP contribution in [0.15, 0.2) is 5.16 Å². The molecule has 0 saturated heterocycles. The predicted molar refractivity (Wildman–Crippen MR) is 63.2 cm³/mol. The van der Waals surface area contributed by atoms with Crippen LogP contribution in [0.5, 0.6) is 0 Å². The van der Waals surface area contributed by atoms with E-state index in [1.54, 1.807) is 0 Å². The molecule has 2 rings (SSSR count). The third kappa shape index (κ3) is 4.34. The Bertz CT molecular complexity index is 290. The van der Waals surface area contributed by atoms with Gasteiger partial charge in [0.1, 0.15) is 0 Å². The summed E-state index contributed by atoms with van der Waals surface area (Å²) < 4.78 is 5.65. The van der Waals surface area contributed by atoms with Gasteiger partial charge in [0, 0.05) is 12.5 Å². The monoisotopic (exact) mass is 240 g/mol. The number of carbonyl (C=O) groups excluding carboxylic acids is 1. The highest BCUT2D eigenvalue weighted by Gasteiger charge is 2.23. The van der Waals surface area contributed by atoms with Crippen LogP contribution in [0.2, 0.25) is 0 Å². The number of nitrogens with zero attached hydrogens (tertiary/aromatic N) is 1. The second-order valence-electron chi connectivity index (χ2n) is 4.83. The van der Waals surface area contributed by atoms with E-state index in [1.165, 1.54) is 0 Å². The van der Waals surface area contributed by atoms with Crippen molar-refractivity contribution in [2.75, 3.05) is 6.61 Å². The van der Waals surface area contributed by atoms with Crippen molar-refractivity contribution >= 4 is 11.6 Å². The van der Waals surface area contributed by atoms with Crippen molar-refractivity contribution in [3.05, 3.63) is 0 Å². The van der Waals surface area contributed by atoms with Crippen LogP contribution in [0, 0.1) is 0 Å². The fourth-order valence-electron chi connectivity index (χ4n) is 2.04. The van der Waals surface area contributed by atoms with Crippen molar-refractivity contribution in [2.45, 2.75) is 57.1 Å². The summed E-state index contributed by atoms with van der Waals surface area (Å²) in [6.45, 7) is 0.495. The zero-order valence-corrected chi connectivity index (χ0v) is 10.0. The van der Waals surface area contributed by atoms with Crippen LogP contribution < -0.4 is 5.32 Å². The minimum absolute atomic E-state index is 0.0981. The van der Waals surface area contributed by atoms with Crippen molar-refractivity contribution in [1.82, 2.24) is 5.32 Å². The molecule has 0 unspecified atom stereocenters. The van der Waals surface area contributed by atoms with Gasteiger partial charge >= 0.3 is 0 Å². The summed E-state index contributed by atoms with van der Waals surface area (Å²) in [5.41, 5.74) is 0.858. The Balaban J connectivity index is 1.54. The second-order valence-corrected chi connectivity index (χ2v) is 4.83. The first-order chi connectivity index (χ1) is 8.28. The lowest BCUT2D eigenvalue weighted by Gasteiger charge is -2.22.